The van der Waals surface area contributed by atoms with Crippen molar-refractivity contribution in [3.63, 3.8) is 0 Å². The fraction of sp³-hybridized carbons (Fsp3) is 0.350. The molecular formula is C20H23N3O3. The first-order valence-corrected chi connectivity index (χ1v) is 8.78. The number of hydrogen-bond acceptors (Lipinski definition) is 4. The van der Waals surface area contributed by atoms with Crippen molar-refractivity contribution in [2.45, 2.75) is 20.3 Å². The van der Waals surface area contributed by atoms with E-state index < -0.39 is 4.92 Å². The lowest BCUT2D eigenvalue weighted by molar-refractivity contribution is -0.384. The van der Waals surface area contributed by atoms with Gasteiger partial charge in [0, 0.05) is 44.0 Å². The van der Waals surface area contributed by atoms with Gasteiger partial charge < -0.3 is 9.80 Å². The minimum atomic E-state index is -0.432. The molecule has 26 heavy (non-hydrogen) atoms. The fourth-order valence-electron chi connectivity index (χ4n) is 3.30. The van der Waals surface area contributed by atoms with Gasteiger partial charge in [-0.3, -0.25) is 14.9 Å². The largest absolute Gasteiger partial charge is 0.368 e. The lowest BCUT2D eigenvalue weighted by Crippen LogP contribution is -2.49. The summed E-state index contributed by atoms with van der Waals surface area (Å²) in [6.07, 6.45) is 0.279. The van der Waals surface area contributed by atoms with Crippen molar-refractivity contribution >= 4 is 17.3 Å². The smallest absolute Gasteiger partial charge is 0.269 e. The molecule has 6 nitrogen and oxygen atoms in total. The molecule has 0 aromatic heterocycles. The topological polar surface area (TPSA) is 66.7 Å². The number of nitro groups is 1. The Balaban J connectivity index is 1.58. The molecule has 0 saturated carbocycles. The van der Waals surface area contributed by atoms with E-state index in [2.05, 4.69) is 36.9 Å². The zero-order chi connectivity index (χ0) is 18.7. The lowest BCUT2D eigenvalue weighted by atomic mass is 10.1. The molecule has 1 amide bonds. The molecule has 1 aliphatic rings. The summed E-state index contributed by atoms with van der Waals surface area (Å²) in [5.74, 6) is 0.0690. The molecule has 0 bridgehead atoms. The number of amides is 1. The molecule has 1 saturated heterocycles. The first-order valence-electron chi connectivity index (χ1n) is 8.78. The highest BCUT2D eigenvalue weighted by Crippen LogP contribution is 2.24. The van der Waals surface area contributed by atoms with Gasteiger partial charge in [-0.1, -0.05) is 24.3 Å². The number of non-ortho nitro benzene ring substituents is 1. The van der Waals surface area contributed by atoms with Crippen LogP contribution in [0.25, 0.3) is 0 Å². The van der Waals surface area contributed by atoms with Crippen LogP contribution in [-0.4, -0.2) is 41.9 Å². The first kappa shape index (κ1) is 17.9. The summed E-state index contributed by atoms with van der Waals surface area (Å²) in [5, 5.41) is 10.7. The summed E-state index contributed by atoms with van der Waals surface area (Å²) in [4.78, 5) is 27.0. The van der Waals surface area contributed by atoms with E-state index in [1.807, 2.05) is 4.90 Å². The third-order valence-electron chi connectivity index (χ3n) is 5.05. The fourth-order valence-corrected chi connectivity index (χ4v) is 3.30. The maximum atomic E-state index is 12.5. The molecule has 6 heteroatoms. The second-order valence-electron chi connectivity index (χ2n) is 6.69. The number of rotatable bonds is 4. The highest BCUT2D eigenvalue weighted by atomic mass is 16.6. The van der Waals surface area contributed by atoms with E-state index in [9.17, 15) is 14.9 Å². The number of nitro benzene ring substituents is 1. The number of benzene rings is 2. The van der Waals surface area contributed by atoms with Crippen molar-refractivity contribution in [2.75, 3.05) is 31.1 Å². The highest BCUT2D eigenvalue weighted by Gasteiger charge is 2.22. The minimum Gasteiger partial charge on any atom is -0.368 e. The van der Waals surface area contributed by atoms with Crippen LogP contribution in [0.2, 0.25) is 0 Å². The van der Waals surface area contributed by atoms with Gasteiger partial charge in [-0.2, -0.15) is 0 Å². The molecule has 136 valence electrons. The molecule has 0 spiro atoms. The molecule has 1 aliphatic heterocycles. The molecular weight excluding hydrogens is 330 g/mol. The van der Waals surface area contributed by atoms with E-state index in [4.69, 9.17) is 0 Å². The first-order chi connectivity index (χ1) is 12.5. The normalized spacial score (nSPS) is 14.4. The van der Waals surface area contributed by atoms with Gasteiger partial charge in [0.15, 0.2) is 0 Å². The third kappa shape index (κ3) is 3.85. The summed E-state index contributed by atoms with van der Waals surface area (Å²) in [5.41, 5.74) is 4.66. The number of nitrogens with zero attached hydrogens (tertiary/aromatic N) is 3. The van der Waals surface area contributed by atoms with Crippen LogP contribution in [0.1, 0.15) is 16.7 Å². The predicted molar refractivity (Wildman–Crippen MR) is 102 cm³/mol. The van der Waals surface area contributed by atoms with E-state index in [1.54, 1.807) is 12.1 Å². The molecule has 0 atom stereocenters. The molecule has 0 unspecified atom stereocenters. The zero-order valence-corrected chi connectivity index (χ0v) is 15.1. The van der Waals surface area contributed by atoms with Crippen LogP contribution in [0.3, 0.4) is 0 Å². The minimum absolute atomic E-state index is 0.0448. The monoisotopic (exact) mass is 353 g/mol. The Bertz CT molecular complexity index is 810. The number of carbonyl (C=O) groups is 1. The van der Waals surface area contributed by atoms with Crippen LogP contribution in [-0.2, 0) is 11.2 Å². The van der Waals surface area contributed by atoms with Crippen molar-refractivity contribution in [3.05, 3.63) is 69.3 Å². The Kier molecular flexibility index (Phi) is 5.21. The molecule has 0 radical (unpaired) electrons. The van der Waals surface area contributed by atoms with Gasteiger partial charge in [-0.25, -0.2) is 0 Å². The van der Waals surface area contributed by atoms with Gasteiger partial charge in [0.1, 0.15) is 0 Å². The predicted octanol–water partition coefficient (Wildman–Crippen LogP) is 3.10. The molecule has 2 aromatic rings. The van der Waals surface area contributed by atoms with Gasteiger partial charge in [-0.05, 0) is 36.6 Å². The number of anilines is 1. The van der Waals surface area contributed by atoms with Gasteiger partial charge in [0.25, 0.3) is 5.69 Å². The summed E-state index contributed by atoms with van der Waals surface area (Å²) < 4.78 is 0. The maximum absolute atomic E-state index is 12.5. The Labute approximate surface area is 153 Å². The summed E-state index contributed by atoms with van der Waals surface area (Å²) in [6, 6.07) is 12.5. The van der Waals surface area contributed by atoms with Crippen molar-refractivity contribution < 1.29 is 9.72 Å². The van der Waals surface area contributed by atoms with Crippen LogP contribution < -0.4 is 4.90 Å². The average Bonchev–Trinajstić information content (AvgIpc) is 2.64. The summed E-state index contributed by atoms with van der Waals surface area (Å²) in [7, 11) is 0. The number of piperazine rings is 1. The second kappa shape index (κ2) is 7.56. The van der Waals surface area contributed by atoms with E-state index in [-0.39, 0.29) is 18.0 Å². The van der Waals surface area contributed by atoms with Crippen molar-refractivity contribution in [3.8, 4) is 0 Å². The average molecular weight is 353 g/mol. The number of aryl methyl sites for hydroxylation is 1. The molecule has 2 aromatic carbocycles. The van der Waals surface area contributed by atoms with Crippen molar-refractivity contribution in [1.29, 1.82) is 0 Å². The Hall–Kier alpha value is -2.89. The van der Waals surface area contributed by atoms with Crippen LogP contribution in [0.15, 0.2) is 42.5 Å². The highest BCUT2D eigenvalue weighted by molar-refractivity contribution is 5.79. The SMILES string of the molecule is Cc1cccc(N2CCN(C(=O)Cc3ccc([N+](=O)[O-])cc3)CC2)c1C. The van der Waals surface area contributed by atoms with Crippen molar-refractivity contribution in [1.82, 2.24) is 4.90 Å². The van der Waals surface area contributed by atoms with Crippen LogP contribution in [0.5, 0.6) is 0 Å². The quantitative estimate of drug-likeness (QED) is 0.626. The van der Waals surface area contributed by atoms with Gasteiger partial charge >= 0.3 is 0 Å². The van der Waals surface area contributed by atoms with Gasteiger partial charge in [0.05, 0.1) is 11.3 Å². The Morgan fingerprint density at radius 1 is 1.04 bits per heavy atom. The Morgan fingerprint density at radius 2 is 1.69 bits per heavy atom. The molecule has 0 N–H and O–H groups in total. The van der Waals surface area contributed by atoms with E-state index in [0.717, 1.165) is 18.7 Å². The van der Waals surface area contributed by atoms with Crippen LogP contribution in [0, 0.1) is 24.0 Å². The van der Waals surface area contributed by atoms with Crippen molar-refractivity contribution in [2.24, 2.45) is 0 Å². The van der Waals surface area contributed by atoms with E-state index in [0.29, 0.717) is 13.1 Å². The Morgan fingerprint density at radius 3 is 2.31 bits per heavy atom. The van der Waals surface area contributed by atoms with Crippen LogP contribution in [0.4, 0.5) is 11.4 Å². The standard InChI is InChI=1S/C20H23N3O3/c1-15-4-3-5-19(16(15)2)21-10-12-22(13-11-21)20(24)14-17-6-8-18(9-7-17)23(25)26/h3-9H,10-14H2,1-2H3. The number of carbonyl (C=O) groups excluding carboxylic acids is 1. The molecule has 3 rings (SSSR count). The zero-order valence-electron chi connectivity index (χ0n) is 15.1. The summed E-state index contributed by atoms with van der Waals surface area (Å²) >= 11 is 0. The third-order valence-corrected chi connectivity index (χ3v) is 5.05. The van der Waals surface area contributed by atoms with Crippen LogP contribution >= 0.6 is 0 Å². The van der Waals surface area contributed by atoms with Gasteiger partial charge in [0.2, 0.25) is 5.91 Å². The number of hydrogen-bond donors (Lipinski definition) is 0. The second-order valence-corrected chi connectivity index (χ2v) is 6.69. The molecule has 0 aliphatic carbocycles. The van der Waals surface area contributed by atoms with Gasteiger partial charge in [-0.15, -0.1) is 0 Å². The molecule has 1 fully saturated rings. The summed E-state index contributed by atoms with van der Waals surface area (Å²) in [6.45, 7) is 7.27. The van der Waals surface area contributed by atoms with E-state index >= 15 is 0 Å². The molecule has 1 heterocycles. The lowest BCUT2D eigenvalue weighted by Gasteiger charge is -2.37. The van der Waals surface area contributed by atoms with E-state index in [1.165, 1.54) is 28.9 Å². The maximum Gasteiger partial charge on any atom is 0.269 e.